The van der Waals surface area contributed by atoms with E-state index in [9.17, 15) is 14.4 Å². The number of aryl methyl sites for hydroxylation is 1. The summed E-state index contributed by atoms with van der Waals surface area (Å²) in [5, 5.41) is 12.3. The Bertz CT molecular complexity index is 831. The van der Waals surface area contributed by atoms with Crippen LogP contribution in [-0.2, 0) is 9.59 Å². The van der Waals surface area contributed by atoms with Crippen molar-refractivity contribution in [3.05, 3.63) is 40.2 Å². The lowest BCUT2D eigenvalue weighted by molar-refractivity contribution is -0.142. The summed E-state index contributed by atoms with van der Waals surface area (Å²) in [7, 11) is 0. The van der Waals surface area contributed by atoms with Crippen molar-refractivity contribution in [2.45, 2.75) is 19.4 Å². The number of hydrogen-bond acceptors (Lipinski definition) is 6. The van der Waals surface area contributed by atoms with E-state index in [-0.39, 0.29) is 6.61 Å². The van der Waals surface area contributed by atoms with Gasteiger partial charge in [0.05, 0.1) is 0 Å². The molecule has 1 aromatic heterocycles. The van der Waals surface area contributed by atoms with Crippen molar-refractivity contribution < 1.29 is 23.8 Å². The van der Waals surface area contributed by atoms with Crippen LogP contribution in [0.1, 0.15) is 12.0 Å². The Labute approximate surface area is 148 Å². The molecule has 134 valence electrons. The van der Waals surface area contributed by atoms with Crippen LogP contribution in [0, 0.1) is 6.92 Å². The third-order valence-corrected chi connectivity index (χ3v) is 4.18. The number of rotatable bonds is 8. The number of thioether (sulfide) groups is 1. The van der Waals surface area contributed by atoms with Crippen LogP contribution in [0.15, 0.2) is 33.5 Å². The summed E-state index contributed by atoms with van der Waals surface area (Å²) >= 11 is 1.51. The fourth-order valence-corrected chi connectivity index (χ4v) is 2.74. The summed E-state index contributed by atoms with van der Waals surface area (Å²) in [6, 6.07) is 5.38. The number of carbonyl (C=O) groups is 2. The molecule has 0 saturated heterocycles. The normalized spacial score (nSPS) is 11.9. The first-order valence-corrected chi connectivity index (χ1v) is 8.98. The molecule has 1 aromatic carbocycles. The monoisotopic (exact) mass is 365 g/mol. The highest BCUT2D eigenvalue weighted by Crippen LogP contribution is 2.22. The minimum atomic E-state index is -1.08. The maximum atomic E-state index is 11.9. The number of fused-ring (bicyclic) bond motifs is 1. The third-order valence-electron chi connectivity index (χ3n) is 3.54. The maximum Gasteiger partial charge on any atom is 0.336 e. The predicted molar refractivity (Wildman–Crippen MR) is 95.3 cm³/mol. The Balaban J connectivity index is 2.00. The summed E-state index contributed by atoms with van der Waals surface area (Å²) in [4.78, 5) is 34.4. The molecule has 8 heteroatoms. The topological polar surface area (TPSA) is 106 Å². The van der Waals surface area contributed by atoms with Crippen molar-refractivity contribution in [2.24, 2.45) is 0 Å². The van der Waals surface area contributed by atoms with Gasteiger partial charge in [0.1, 0.15) is 17.4 Å². The first-order valence-electron chi connectivity index (χ1n) is 7.59. The predicted octanol–water partition coefficient (Wildman–Crippen LogP) is 1.80. The zero-order chi connectivity index (χ0) is 18.4. The standard InChI is InChI=1S/C17H19NO6S/c1-10-7-16(20)24-14-8-11(3-4-12(10)14)23-9-15(19)18-13(17(21)22)5-6-25-2/h3-4,7-8,13H,5-6,9H2,1-2H3,(H,18,19)(H,21,22)/t13-/m0/s1. The fraction of sp³-hybridized carbons (Fsp3) is 0.353. The van der Waals surface area contributed by atoms with Crippen LogP contribution in [0.3, 0.4) is 0 Å². The molecule has 0 aliphatic heterocycles. The first-order chi connectivity index (χ1) is 11.9. The molecule has 7 nitrogen and oxygen atoms in total. The van der Waals surface area contributed by atoms with E-state index < -0.39 is 23.5 Å². The second kappa shape index (κ2) is 8.57. The van der Waals surface area contributed by atoms with E-state index >= 15 is 0 Å². The van der Waals surface area contributed by atoms with Gasteiger partial charge in [0, 0.05) is 17.5 Å². The van der Waals surface area contributed by atoms with Gasteiger partial charge in [0.25, 0.3) is 5.91 Å². The van der Waals surface area contributed by atoms with Gasteiger partial charge < -0.3 is 19.6 Å². The number of amides is 1. The highest BCUT2D eigenvalue weighted by Gasteiger charge is 2.19. The van der Waals surface area contributed by atoms with E-state index in [1.165, 1.54) is 23.9 Å². The Morgan fingerprint density at radius 2 is 2.12 bits per heavy atom. The van der Waals surface area contributed by atoms with Crippen molar-refractivity contribution in [1.29, 1.82) is 0 Å². The van der Waals surface area contributed by atoms with Crippen LogP contribution < -0.4 is 15.7 Å². The molecule has 2 aromatic rings. The van der Waals surface area contributed by atoms with Gasteiger partial charge >= 0.3 is 11.6 Å². The molecule has 1 amide bonds. The van der Waals surface area contributed by atoms with Crippen molar-refractivity contribution in [2.75, 3.05) is 18.6 Å². The van der Waals surface area contributed by atoms with E-state index in [2.05, 4.69) is 5.32 Å². The number of ether oxygens (including phenoxy) is 1. The molecule has 0 fully saturated rings. The van der Waals surface area contributed by atoms with Crippen molar-refractivity contribution in [3.63, 3.8) is 0 Å². The molecule has 25 heavy (non-hydrogen) atoms. The van der Waals surface area contributed by atoms with Gasteiger partial charge in [-0.3, -0.25) is 4.79 Å². The Morgan fingerprint density at radius 1 is 1.36 bits per heavy atom. The number of hydrogen-bond donors (Lipinski definition) is 2. The van der Waals surface area contributed by atoms with E-state index in [4.69, 9.17) is 14.3 Å². The summed E-state index contributed by atoms with van der Waals surface area (Å²) in [5.41, 5.74) is 0.693. The molecular formula is C17H19NO6S. The molecule has 1 atom stereocenters. The van der Waals surface area contributed by atoms with Gasteiger partial charge in [0.2, 0.25) is 0 Å². The van der Waals surface area contributed by atoms with Crippen LogP contribution >= 0.6 is 11.8 Å². The molecule has 0 aliphatic carbocycles. The first kappa shape index (κ1) is 18.9. The molecule has 0 spiro atoms. The lowest BCUT2D eigenvalue weighted by atomic mass is 10.1. The van der Waals surface area contributed by atoms with Gasteiger partial charge in [-0.25, -0.2) is 9.59 Å². The summed E-state index contributed by atoms with van der Waals surface area (Å²) < 4.78 is 10.5. The largest absolute Gasteiger partial charge is 0.484 e. The lowest BCUT2D eigenvalue weighted by Crippen LogP contribution is -2.43. The molecule has 2 N–H and O–H groups in total. The third kappa shape index (κ3) is 5.25. The Hall–Kier alpha value is -2.48. The second-order valence-electron chi connectivity index (χ2n) is 5.43. The average Bonchev–Trinajstić information content (AvgIpc) is 2.56. The molecule has 0 aliphatic rings. The van der Waals surface area contributed by atoms with Gasteiger partial charge in [-0.05, 0) is 43.0 Å². The number of benzene rings is 1. The molecule has 0 radical (unpaired) electrons. The van der Waals surface area contributed by atoms with Crippen molar-refractivity contribution >= 4 is 34.6 Å². The van der Waals surface area contributed by atoms with Gasteiger partial charge in [-0.1, -0.05) is 0 Å². The van der Waals surface area contributed by atoms with Gasteiger partial charge in [0.15, 0.2) is 6.61 Å². The highest BCUT2D eigenvalue weighted by molar-refractivity contribution is 7.98. The second-order valence-corrected chi connectivity index (χ2v) is 6.42. The molecule has 0 unspecified atom stereocenters. The van der Waals surface area contributed by atoms with Crippen molar-refractivity contribution in [3.8, 4) is 5.75 Å². The number of aliphatic carboxylic acids is 1. The van der Waals surface area contributed by atoms with Gasteiger partial charge in [-0.2, -0.15) is 11.8 Å². The zero-order valence-corrected chi connectivity index (χ0v) is 14.7. The van der Waals surface area contributed by atoms with Crippen LogP contribution in [0.4, 0.5) is 0 Å². The number of carboxylic acids is 1. The van der Waals surface area contributed by atoms with Crippen LogP contribution in [-0.4, -0.2) is 41.6 Å². The maximum absolute atomic E-state index is 11.9. The molecular weight excluding hydrogens is 346 g/mol. The fourth-order valence-electron chi connectivity index (χ4n) is 2.27. The summed E-state index contributed by atoms with van der Waals surface area (Å²) in [6.45, 7) is 1.47. The van der Waals surface area contributed by atoms with Crippen molar-refractivity contribution in [1.82, 2.24) is 5.32 Å². The van der Waals surface area contributed by atoms with Crippen LogP contribution in [0.5, 0.6) is 5.75 Å². The smallest absolute Gasteiger partial charge is 0.336 e. The van der Waals surface area contributed by atoms with E-state index in [0.717, 1.165) is 10.9 Å². The van der Waals surface area contributed by atoms with E-state index in [0.29, 0.717) is 23.5 Å². The minimum absolute atomic E-state index is 0.329. The Morgan fingerprint density at radius 3 is 2.80 bits per heavy atom. The van der Waals surface area contributed by atoms with Gasteiger partial charge in [-0.15, -0.1) is 0 Å². The molecule has 0 bridgehead atoms. The molecule has 2 rings (SSSR count). The van der Waals surface area contributed by atoms with Crippen LogP contribution in [0.25, 0.3) is 11.0 Å². The minimum Gasteiger partial charge on any atom is -0.484 e. The lowest BCUT2D eigenvalue weighted by Gasteiger charge is -2.14. The quantitative estimate of drug-likeness (QED) is 0.687. The van der Waals surface area contributed by atoms with Crippen LogP contribution in [0.2, 0.25) is 0 Å². The number of carboxylic acid groups (broad SMARTS) is 1. The highest BCUT2D eigenvalue weighted by atomic mass is 32.2. The number of carbonyl (C=O) groups excluding carboxylic acids is 1. The molecule has 1 heterocycles. The summed E-state index contributed by atoms with van der Waals surface area (Å²) in [6.07, 6.45) is 2.20. The summed E-state index contributed by atoms with van der Waals surface area (Å²) in [5.74, 6) is -0.627. The Kier molecular flexibility index (Phi) is 6.46. The molecule has 0 saturated carbocycles. The zero-order valence-electron chi connectivity index (χ0n) is 13.9. The average molecular weight is 365 g/mol. The number of nitrogens with one attached hydrogen (secondary N) is 1. The van der Waals surface area contributed by atoms with E-state index in [1.807, 2.05) is 6.26 Å². The SMILES string of the molecule is CSCC[C@H](NC(=O)COc1ccc2c(C)cc(=O)oc2c1)C(=O)O. The van der Waals surface area contributed by atoms with E-state index in [1.54, 1.807) is 19.1 Å².